The molecule has 0 radical (unpaired) electrons. The second-order valence-corrected chi connectivity index (χ2v) is 5.69. The molecule has 2 N–H and O–H groups in total. The molecule has 0 amide bonds. The molecule has 4 rings (SSSR count). The molecule has 2 heteroatoms. The van der Waals surface area contributed by atoms with Crippen LogP contribution in [0.25, 0.3) is 32.7 Å². The van der Waals surface area contributed by atoms with Crippen LogP contribution >= 0.6 is 0 Å². The minimum atomic E-state index is 0.0165. The van der Waals surface area contributed by atoms with Crippen LogP contribution in [0.1, 0.15) is 5.56 Å². The van der Waals surface area contributed by atoms with Crippen molar-refractivity contribution in [3.63, 3.8) is 0 Å². The fraction of sp³-hybridized carbons (Fsp3) is 0. The van der Waals surface area contributed by atoms with Crippen molar-refractivity contribution in [3.8, 4) is 35.0 Å². The third-order valence-corrected chi connectivity index (χ3v) is 4.33. The maximum atomic E-state index is 10.8. The van der Waals surface area contributed by atoms with Crippen molar-refractivity contribution in [1.82, 2.24) is 0 Å². The van der Waals surface area contributed by atoms with Gasteiger partial charge in [-0.05, 0) is 33.7 Å². The number of phenolic OH excluding ortho intramolecular Hbond substituents is 2. The summed E-state index contributed by atoms with van der Waals surface area (Å²) in [6, 6.07) is 20.8. The first kappa shape index (κ1) is 14.2. The average Bonchev–Trinajstić information content (AvgIpc) is 2.62. The molecule has 0 aromatic heterocycles. The van der Waals surface area contributed by atoms with Gasteiger partial charge in [-0.25, -0.2) is 0 Å². The van der Waals surface area contributed by atoms with Crippen molar-refractivity contribution in [1.29, 1.82) is 0 Å². The molecule has 0 unspecified atom stereocenters. The van der Waals surface area contributed by atoms with Crippen molar-refractivity contribution < 1.29 is 10.2 Å². The van der Waals surface area contributed by atoms with E-state index in [4.69, 9.17) is 6.42 Å². The van der Waals surface area contributed by atoms with E-state index in [0.717, 1.165) is 21.5 Å². The fourth-order valence-corrected chi connectivity index (χ4v) is 3.22. The van der Waals surface area contributed by atoms with Crippen LogP contribution in [0.3, 0.4) is 0 Å². The lowest BCUT2D eigenvalue weighted by molar-refractivity contribution is 0.469. The highest BCUT2D eigenvalue weighted by atomic mass is 16.3. The lowest BCUT2D eigenvalue weighted by atomic mass is 9.90. The molecule has 0 spiro atoms. The number of terminal acetylenes is 1. The largest absolute Gasteiger partial charge is 0.507 e. The zero-order valence-corrected chi connectivity index (χ0v) is 12.8. The Kier molecular flexibility index (Phi) is 3.15. The zero-order valence-electron chi connectivity index (χ0n) is 12.8. The summed E-state index contributed by atoms with van der Waals surface area (Å²) in [6.45, 7) is 0. The third-order valence-electron chi connectivity index (χ3n) is 4.33. The zero-order chi connectivity index (χ0) is 16.7. The molecule has 0 saturated carbocycles. The molecule has 0 aliphatic heterocycles. The molecule has 24 heavy (non-hydrogen) atoms. The Bertz CT molecular complexity index is 1130. The van der Waals surface area contributed by atoms with Crippen LogP contribution in [0.2, 0.25) is 0 Å². The van der Waals surface area contributed by atoms with E-state index in [1.54, 1.807) is 12.1 Å². The van der Waals surface area contributed by atoms with Crippen molar-refractivity contribution in [2.75, 3.05) is 0 Å². The van der Waals surface area contributed by atoms with Crippen LogP contribution < -0.4 is 0 Å². The van der Waals surface area contributed by atoms with Crippen molar-refractivity contribution in [2.45, 2.75) is 0 Å². The molecule has 0 heterocycles. The second kappa shape index (κ2) is 5.33. The van der Waals surface area contributed by atoms with Gasteiger partial charge in [0.05, 0.1) is 5.56 Å². The van der Waals surface area contributed by atoms with E-state index in [1.165, 1.54) is 0 Å². The van der Waals surface area contributed by atoms with Gasteiger partial charge in [-0.15, -0.1) is 6.42 Å². The third kappa shape index (κ3) is 2.00. The number of phenols is 2. The topological polar surface area (TPSA) is 40.5 Å². The molecule has 114 valence electrons. The number of hydrogen-bond acceptors (Lipinski definition) is 2. The Hall–Kier alpha value is -3.44. The summed E-state index contributed by atoms with van der Waals surface area (Å²) in [6.07, 6.45) is 5.57. The normalized spacial score (nSPS) is 10.8. The van der Waals surface area contributed by atoms with E-state index in [2.05, 4.69) is 5.92 Å². The lowest BCUT2D eigenvalue weighted by Gasteiger charge is -2.15. The van der Waals surface area contributed by atoms with Crippen molar-refractivity contribution in [3.05, 3.63) is 72.3 Å². The summed E-state index contributed by atoms with van der Waals surface area (Å²) < 4.78 is 0. The van der Waals surface area contributed by atoms with Crippen LogP contribution in [0, 0.1) is 12.3 Å². The number of benzene rings is 4. The summed E-state index contributed by atoms with van der Waals surface area (Å²) in [5.41, 5.74) is 1.57. The summed E-state index contributed by atoms with van der Waals surface area (Å²) in [4.78, 5) is 0. The minimum Gasteiger partial charge on any atom is -0.507 e. The van der Waals surface area contributed by atoms with E-state index in [1.807, 2.05) is 54.6 Å². The second-order valence-electron chi connectivity index (χ2n) is 5.69. The Balaban J connectivity index is 2.25. The Morgan fingerprint density at radius 3 is 2.04 bits per heavy atom. The molecule has 0 aliphatic carbocycles. The molecule has 4 aromatic rings. The average molecular weight is 310 g/mol. The molecule has 0 bridgehead atoms. The summed E-state index contributed by atoms with van der Waals surface area (Å²) in [5, 5.41) is 24.9. The molecular formula is C22H14O2. The maximum absolute atomic E-state index is 10.8. The molecule has 4 aromatic carbocycles. The van der Waals surface area contributed by atoms with E-state index in [0.29, 0.717) is 16.7 Å². The number of aromatic hydroxyl groups is 2. The molecule has 0 saturated heterocycles. The Morgan fingerprint density at radius 1 is 0.708 bits per heavy atom. The van der Waals surface area contributed by atoms with Gasteiger partial charge in [0.15, 0.2) is 0 Å². The standard InChI is InChI=1S/C22H14O2/c1-2-14-13-16-8-4-6-10-18(16)21(22(14)24)20-17-9-5-3-7-15(17)11-12-19(20)23/h1,3-13,23-24H. The van der Waals surface area contributed by atoms with Crippen LogP contribution in [0.15, 0.2) is 66.7 Å². The first-order valence-corrected chi connectivity index (χ1v) is 7.63. The highest BCUT2D eigenvalue weighted by Gasteiger charge is 2.18. The van der Waals surface area contributed by atoms with Gasteiger partial charge in [0.1, 0.15) is 11.5 Å². The predicted octanol–water partition coefficient (Wildman–Crippen LogP) is 5.05. The van der Waals surface area contributed by atoms with Gasteiger partial charge in [0, 0.05) is 11.1 Å². The smallest absolute Gasteiger partial charge is 0.139 e. The number of rotatable bonds is 1. The van der Waals surface area contributed by atoms with Crippen LogP contribution in [-0.2, 0) is 0 Å². The van der Waals surface area contributed by atoms with Crippen LogP contribution in [0.4, 0.5) is 0 Å². The summed E-state index contributed by atoms with van der Waals surface area (Å²) in [7, 11) is 0. The quantitative estimate of drug-likeness (QED) is 0.483. The number of hydrogen-bond donors (Lipinski definition) is 2. The number of fused-ring (bicyclic) bond motifs is 2. The SMILES string of the molecule is C#Cc1cc2ccccc2c(-c2c(O)ccc3ccccc23)c1O. The van der Waals surface area contributed by atoms with E-state index < -0.39 is 0 Å². The molecule has 0 fully saturated rings. The highest BCUT2D eigenvalue weighted by molar-refractivity contribution is 6.10. The first-order valence-electron chi connectivity index (χ1n) is 7.63. The summed E-state index contributed by atoms with van der Waals surface area (Å²) >= 11 is 0. The van der Waals surface area contributed by atoms with E-state index >= 15 is 0 Å². The van der Waals surface area contributed by atoms with Gasteiger partial charge in [-0.3, -0.25) is 0 Å². The van der Waals surface area contributed by atoms with E-state index in [-0.39, 0.29) is 11.5 Å². The van der Waals surface area contributed by atoms with Gasteiger partial charge in [0.2, 0.25) is 0 Å². The predicted molar refractivity (Wildman–Crippen MR) is 98.2 cm³/mol. The van der Waals surface area contributed by atoms with Crippen molar-refractivity contribution in [2.24, 2.45) is 0 Å². The highest BCUT2D eigenvalue weighted by Crippen LogP contribution is 2.45. The Labute approximate surface area is 139 Å². The maximum Gasteiger partial charge on any atom is 0.139 e. The monoisotopic (exact) mass is 310 g/mol. The molecule has 0 aliphatic rings. The molecule has 0 atom stereocenters. The molecular weight excluding hydrogens is 296 g/mol. The van der Waals surface area contributed by atoms with Crippen LogP contribution in [0.5, 0.6) is 11.5 Å². The van der Waals surface area contributed by atoms with E-state index in [9.17, 15) is 10.2 Å². The van der Waals surface area contributed by atoms with Crippen LogP contribution in [-0.4, -0.2) is 10.2 Å². The van der Waals surface area contributed by atoms with Gasteiger partial charge in [-0.1, -0.05) is 60.5 Å². The summed E-state index contributed by atoms with van der Waals surface area (Å²) in [5.74, 6) is 2.66. The van der Waals surface area contributed by atoms with Crippen molar-refractivity contribution >= 4 is 21.5 Å². The minimum absolute atomic E-state index is 0.0165. The molecule has 2 nitrogen and oxygen atoms in total. The van der Waals surface area contributed by atoms with Gasteiger partial charge in [-0.2, -0.15) is 0 Å². The Morgan fingerprint density at radius 2 is 1.33 bits per heavy atom. The van der Waals surface area contributed by atoms with Gasteiger partial charge < -0.3 is 10.2 Å². The van der Waals surface area contributed by atoms with Gasteiger partial charge >= 0.3 is 0 Å². The lowest BCUT2D eigenvalue weighted by Crippen LogP contribution is -1.89. The fourth-order valence-electron chi connectivity index (χ4n) is 3.22. The van der Waals surface area contributed by atoms with Gasteiger partial charge in [0.25, 0.3) is 0 Å². The first-order chi connectivity index (χ1) is 11.7.